The Labute approximate surface area is 207 Å². The monoisotopic (exact) mass is 501 g/mol. The first-order valence-electron chi connectivity index (χ1n) is 11.2. The van der Waals surface area contributed by atoms with E-state index in [1.54, 1.807) is 31.2 Å². The number of halogens is 2. The maximum absolute atomic E-state index is 13.6. The highest BCUT2D eigenvalue weighted by atomic mass is 35.5. The fraction of sp³-hybridized carbons (Fsp3) is 0.308. The normalized spacial score (nSPS) is 17.6. The molecule has 4 rings (SSSR count). The van der Waals surface area contributed by atoms with E-state index in [9.17, 15) is 14.0 Å². The molecule has 1 aliphatic heterocycles. The number of allylic oxidation sites excluding steroid dienone is 2. The van der Waals surface area contributed by atoms with E-state index in [1.165, 1.54) is 19.2 Å². The lowest BCUT2D eigenvalue weighted by Crippen LogP contribution is -2.31. The van der Waals surface area contributed by atoms with Gasteiger partial charge in [-0.05, 0) is 48.7 Å². The summed E-state index contributed by atoms with van der Waals surface area (Å²) >= 11 is 6.62. The van der Waals surface area contributed by atoms with Crippen molar-refractivity contribution in [1.82, 2.24) is 0 Å². The van der Waals surface area contributed by atoms with Crippen molar-refractivity contribution in [3.05, 3.63) is 81.2 Å². The topological polar surface area (TPSA) is 97.1 Å². The molecule has 9 heteroatoms. The minimum atomic E-state index is -0.840. The predicted molar refractivity (Wildman–Crippen MR) is 126 cm³/mol. The van der Waals surface area contributed by atoms with E-state index in [-0.39, 0.29) is 40.4 Å². The second-order valence-electron chi connectivity index (χ2n) is 8.10. The molecule has 2 aliphatic rings. The van der Waals surface area contributed by atoms with E-state index >= 15 is 0 Å². The van der Waals surface area contributed by atoms with Gasteiger partial charge in [0.15, 0.2) is 17.3 Å². The predicted octanol–water partition coefficient (Wildman–Crippen LogP) is 4.92. The fourth-order valence-corrected chi connectivity index (χ4v) is 4.61. The molecular weight excluding hydrogens is 477 g/mol. The fourth-order valence-electron chi connectivity index (χ4n) is 4.34. The summed E-state index contributed by atoms with van der Waals surface area (Å²) in [6.07, 6.45) is 1.48. The zero-order chi connectivity index (χ0) is 25.1. The van der Waals surface area contributed by atoms with Crippen molar-refractivity contribution in [2.45, 2.75) is 38.7 Å². The molecule has 7 nitrogen and oxygen atoms in total. The Morgan fingerprint density at radius 2 is 2.03 bits per heavy atom. The van der Waals surface area contributed by atoms with Crippen molar-refractivity contribution in [3.8, 4) is 11.5 Å². The zero-order valence-corrected chi connectivity index (χ0v) is 20.1. The van der Waals surface area contributed by atoms with Gasteiger partial charge in [0.05, 0.1) is 24.7 Å². The first kappa shape index (κ1) is 24.6. The Morgan fingerprint density at radius 1 is 1.23 bits per heavy atom. The van der Waals surface area contributed by atoms with Crippen molar-refractivity contribution >= 4 is 23.4 Å². The third-order valence-corrected chi connectivity index (χ3v) is 6.11. The molecule has 184 valence electrons. The van der Waals surface area contributed by atoms with Crippen molar-refractivity contribution in [1.29, 1.82) is 0 Å². The van der Waals surface area contributed by atoms with Gasteiger partial charge in [0.1, 0.15) is 23.8 Å². The molecule has 2 aromatic carbocycles. The van der Waals surface area contributed by atoms with Crippen molar-refractivity contribution < 1.29 is 32.9 Å². The molecule has 2 N–H and O–H groups in total. The number of ether oxygens (including phenoxy) is 4. The number of methoxy groups -OCH3 is 1. The van der Waals surface area contributed by atoms with Crippen LogP contribution in [0.4, 0.5) is 4.39 Å². The molecule has 0 unspecified atom stereocenters. The van der Waals surface area contributed by atoms with Gasteiger partial charge in [-0.3, -0.25) is 4.79 Å². The largest absolute Gasteiger partial charge is 0.490 e. The summed E-state index contributed by atoms with van der Waals surface area (Å²) in [5, 5.41) is 0.196. The number of nitrogens with two attached hydrogens (primary N) is 1. The Hall–Kier alpha value is -3.52. The molecule has 2 aromatic rings. The van der Waals surface area contributed by atoms with Gasteiger partial charge in [-0.15, -0.1) is 0 Å². The third kappa shape index (κ3) is 4.98. The van der Waals surface area contributed by atoms with Gasteiger partial charge in [-0.25, -0.2) is 9.18 Å². The molecule has 0 amide bonds. The van der Waals surface area contributed by atoms with Crippen LogP contribution in [-0.4, -0.2) is 25.5 Å². The van der Waals surface area contributed by atoms with Crippen LogP contribution in [0.25, 0.3) is 0 Å². The van der Waals surface area contributed by atoms with Crippen LogP contribution in [-0.2, 0) is 25.7 Å². The number of Topliss-reactive ketones (excluding diaryl/α,β-unsaturated/α-hetero) is 1. The summed E-state index contributed by atoms with van der Waals surface area (Å²) in [6, 6.07) is 9.29. The number of benzene rings is 2. The molecule has 35 heavy (non-hydrogen) atoms. The molecule has 0 aromatic heterocycles. The highest BCUT2D eigenvalue weighted by Crippen LogP contribution is 2.47. The van der Waals surface area contributed by atoms with Gasteiger partial charge >= 0.3 is 5.97 Å². The standard InChI is InChI=1S/C26H25ClFNO6/c1-3-33-20-12-15(11-17(27)24(20)34-13-14-6-4-7-16(28)10-14)21-22-18(30)8-5-9-19(22)35-25(29)23(21)26(31)32-2/h4,6-7,10-12,21H,3,5,8-9,13,29H2,1-2H3/t21-/m0/s1. The SMILES string of the molecule is CCOc1cc([C@@H]2C(C(=O)OC)=C(N)OC3=C2C(=O)CCC3)cc(Cl)c1OCc1cccc(F)c1. The van der Waals surface area contributed by atoms with Gasteiger partial charge in [-0.1, -0.05) is 23.7 Å². The van der Waals surface area contributed by atoms with Crippen LogP contribution in [0.3, 0.4) is 0 Å². The Balaban J connectivity index is 1.79. The first-order valence-corrected chi connectivity index (χ1v) is 11.6. The Bertz CT molecular complexity index is 1240. The lowest BCUT2D eigenvalue weighted by molar-refractivity contribution is -0.136. The number of hydrogen-bond donors (Lipinski definition) is 1. The van der Waals surface area contributed by atoms with Gasteiger partial charge < -0.3 is 24.7 Å². The molecule has 1 heterocycles. The van der Waals surface area contributed by atoms with Crippen LogP contribution in [0.2, 0.25) is 5.02 Å². The minimum Gasteiger partial charge on any atom is -0.490 e. The molecule has 0 saturated heterocycles. The van der Waals surface area contributed by atoms with Crippen molar-refractivity contribution in [2.75, 3.05) is 13.7 Å². The number of ketones is 1. The highest BCUT2D eigenvalue weighted by molar-refractivity contribution is 6.32. The molecule has 1 atom stereocenters. The number of carbonyl (C=O) groups is 2. The van der Waals surface area contributed by atoms with E-state index in [1.807, 2.05) is 0 Å². The molecule has 0 bridgehead atoms. The molecule has 0 spiro atoms. The van der Waals surface area contributed by atoms with Gasteiger partial charge in [-0.2, -0.15) is 0 Å². The number of hydrogen-bond acceptors (Lipinski definition) is 7. The number of carbonyl (C=O) groups excluding carboxylic acids is 2. The highest BCUT2D eigenvalue weighted by Gasteiger charge is 2.41. The summed E-state index contributed by atoms with van der Waals surface area (Å²) in [5.74, 6) is -1.16. The van der Waals surface area contributed by atoms with E-state index < -0.39 is 11.9 Å². The summed E-state index contributed by atoms with van der Waals surface area (Å²) in [7, 11) is 1.23. The minimum absolute atomic E-state index is 0.0217. The number of esters is 1. The number of rotatable bonds is 7. The van der Waals surface area contributed by atoms with E-state index in [2.05, 4.69) is 0 Å². The summed E-state index contributed by atoms with van der Waals surface area (Å²) < 4.78 is 35.9. The molecule has 0 radical (unpaired) electrons. The average Bonchev–Trinajstić information content (AvgIpc) is 2.82. The Morgan fingerprint density at radius 3 is 2.74 bits per heavy atom. The maximum atomic E-state index is 13.6. The van der Waals surface area contributed by atoms with Crippen molar-refractivity contribution in [2.24, 2.45) is 5.73 Å². The summed E-state index contributed by atoms with van der Waals surface area (Å²) in [4.78, 5) is 25.6. The molecule has 0 fully saturated rings. The quantitative estimate of drug-likeness (QED) is 0.538. The lowest BCUT2D eigenvalue weighted by Gasteiger charge is -2.32. The van der Waals surface area contributed by atoms with E-state index in [0.717, 1.165) is 0 Å². The third-order valence-electron chi connectivity index (χ3n) is 5.83. The lowest BCUT2D eigenvalue weighted by atomic mass is 9.77. The summed E-state index contributed by atoms with van der Waals surface area (Å²) in [5.41, 5.74) is 7.62. The summed E-state index contributed by atoms with van der Waals surface area (Å²) in [6.45, 7) is 2.16. The second kappa shape index (κ2) is 10.4. The van der Waals surface area contributed by atoms with Crippen LogP contribution < -0.4 is 15.2 Å². The van der Waals surface area contributed by atoms with Crippen LogP contribution >= 0.6 is 11.6 Å². The van der Waals surface area contributed by atoms with Crippen LogP contribution in [0, 0.1) is 5.82 Å². The smallest absolute Gasteiger partial charge is 0.340 e. The Kier molecular flexibility index (Phi) is 7.31. The molecular formula is C26H25ClFNO6. The van der Waals surface area contributed by atoms with Crippen LogP contribution in [0.15, 0.2) is 59.2 Å². The van der Waals surface area contributed by atoms with Crippen molar-refractivity contribution in [3.63, 3.8) is 0 Å². The zero-order valence-electron chi connectivity index (χ0n) is 19.4. The van der Waals surface area contributed by atoms with Gasteiger partial charge in [0, 0.05) is 18.4 Å². The van der Waals surface area contributed by atoms with Crippen LogP contribution in [0.1, 0.15) is 43.2 Å². The molecule has 0 saturated carbocycles. The van der Waals surface area contributed by atoms with E-state index in [0.29, 0.717) is 54.1 Å². The van der Waals surface area contributed by atoms with E-state index in [4.69, 9.17) is 36.3 Å². The maximum Gasteiger partial charge on any atom is 0.340 e. The van der Waals surface area contributed by atoms with Gasteiger partial charge in [0.2, 0.25) is 5.88 Å². The average molecular weight is 502 g/mol. The molecule has 1 aliphatic carbocycles. The van der Waals surface area contributed by atoms with Gasteiger partial charge in [0.25, 0.3) is 0 Å². The second-order valence-corrected chi connectivity index (χ2v) is 8.51. The van der Waals surface area contributed by atoms with Crippen LogP contribution in [0.5, 0.6) is 11.5 Å². The first-order chi connectivity index (χ1) is 16.8.